The maximum Gasteiger partial charge on any atom is 0.166 e. The van der Waals surface area contributed by atoms with Gasteiger partial charge in [0.05, 0.1) is 38.5 Å². The van der Waals surface area contributed by atoms with Crippen LogP contribution < -0.4 is 0 Å². The monoisotopic (exact) mass is 972 g/mol. The fourth-order valence-electron chi connectivity index (χ4n) is 11.7. The van der Waals surface area contributed by atoms with E-state index in [1.165, 1.54) is 10.8 Å². The fraction of sp³-hybridized carbons (Fsp3) is 0. The normalized spacial score (nSPS) is 11.9. The van der Waals surface area contributed by atoms with E-state index in [0.29, 0.717) is 17.5 Å². The van der Waals surface area contributed by atoms with E-state index in [9.17, 15) is 0 Å². The van der Waals surface area contributed by atoms with Crippen molar-refractivity contribution in [1.82, 2.24) is 29.1 Å². The third-order valence-electron chi connectivity index (χ3n) is 15.0. The van der Waals surface area contributed by atoms with Crippen molar-refractivity contribution in [3.05, 3.63) is 243 Å². The molecule has 6 heterocycles. The van der Waals surface area contributed by atoms with Crippen molar-refractivity contribution in [3.63, 3.8) is 0 Å². The van der Waals surface area contributed by atoms with Gasteiger partial charge in [-0.25, -0.2) is 15.0 Å². The molecule has 0 saturated carbocycles. The summed E-state index contributed by atoms with van der Waals surface area (Å²) in [6, 6.07) is 82.1. The second-order valence-electron chi connectivity index (χ2n) is 19.3. The number of rotatable bonds is 7. The number of fused-ring (bicyclic) bond motifs is 14. The Morgan fingerprint density at radius 1 is 0.303 bits per heavy atom. The summed E-state index contributed by atoms with van der Waals surface area (Å²) in [4.78, 5) is 21.3. The van der Waals surface area contributed by atoms with Crippen molar-refractivity contribution < 1.29 is 8.83 Å². The summed E-state index contributed by atoms with van der Waals surface area (Å²) >= 11 is 0. The third kappa shape index (κ3) is 6.37. The molecule has 10 aromatic carbocycles. The topological polar surface area (TPSA) is 87.7 Å². The van der Waals surface area contributed by atoms with Crippen LogP contribution in [-0.2, 0) is 0 Å². The molecule has 0 amide bonds. The number of para-hydroxylation sites is 4. The second-order valence-corrected chi connectivity index (χ2v) is 19.3. The van der Waals surface area contributed by atoms with Crippen LogP contribution in [0.1, 0.15) is 0 Å². The first-order chi connectivity index (χ1) is 37.7. The van der Waals surface area contributed by atoms with Crippen molar-refractivity contribution >= 4 is 87.5 Å². The zero-order valence-corrected chi connectivity index (χ0v) is 40.6. The van der Waals surface area contributed by atoms with E-state index in [4.69, 9.17) is 28.8 Å². The molecule has 76 heavy (non-hydrogen) atoms. The van der Waals surface area contributed by atoms with E-state index in [0.717, 1.165) is 127 Å². The first-order valence-corrected chi connectivity index (χ1v) is 25.4. The van der Waals surface area contributed by atoms with E-state index in [1.54, 1.807) is 0 Å². The van der Waals surface area contributed by atoms with E-state index in [2.05, 4.69) is 185 Å². The van der Waals surface area contributed by atoms with Gasteiger partial charge in [0.15, 0.2) is 17.5 Å². The minimum absolute atomic E-state index is 0.497. The maximum atomic E-state index is 6.82. The van der Waals surface area contributed by atoms with Crippen LogP contribution >= 0.6 is 0 Å². The number of nitrogens with zero attached hydrogens (tertiary/aromatic N) is 6. The lowest BCUT2D eigenvalue weighted by Crippen LogP contribution is -2.02. The van der Waals surface area contributed by atoms with Crippen LogP contribution in [0.5, 0.6) is 0 Å². The van der Waals surface area contributed by atoms with Gasteiger partial charge in [-0.2, -0.15) is 0 Å². The zero-order chi connectivity index (χ0) is 49.8. The van der Waals surface area contributed by atoms with Gasteiger partial charge in [-0.3, -0.25) is 4.98 Å². The van der Waals surface area contributed by atoms with Crippen LogP contribution in [0.3, 0.4) is 0 Å². The Balaban J connectivity index is 0.985. The first-order valence-electron chi connectivity index (χ1n) is 25.4. The molecule has 16 aromatic rings. The SMILES string of the molecule is c1ccc(-c2nc(-c3ccccc3)nc(-c3cc(-c4cccc5oc6ccc7c8ccccc8n(-c8ccccc8)c7c6c45)cnc3-c3ccc4oc5ccc6c7ccccc7n(-c7ccccc7)c6c5c4c3)n2)cc1. The minimum atomic E-state index is 0.497. The van der Waals surface area contributed by atoms with Crippen LogP contribution in [0.4, 0.5) is 0 Å². The molecule has 0 radical (unpaired) electrons. The standard InChI is InChI=1S/C68H40N6O2/c1-5-18-41(19-6-1)66-70-67(42-20-7-2-8-21-42)72-68(71-66)53-39-44(47-28-17-31-57-60(47)62-59(76-57)37-34-51-49-27-14-16-30-55(49)74(65(51)62)46-24-11-4-12-25-46)40-69-63(53)43-32-35-56-52(38-43)61-58(75-56)36-33-50-48-26-13-15-29-54(48)73(64(50)61)45-22-9-3-10-23-45/h1-40H. The predicted molar refractivity (Wildman–Crippen MR) is 308 cm³/mol. The molecular weight excluding hydrogens is 933 g/mol. The molecule has 0 aliphatic carbocycles. The van der Waals surface area contributed by atoms with Gasteiger partial charge in [0, 0.05) is 77.7 Å². The summed E-state index contributed by atoms with van der Waals surface area (Å²) in [7, 11) is 0. The lowest BCUT2D eigenvalue weighted by molar-refractivity contribution is 0.669. The Hall–Kier alpha value is -10.4. The number of aromatic nitrogens is 6. The van der Waals surface area contributed by atoms with Crippen LogP contribution in [0.15, 0.2) is 252 Å². The van der Waals surface area contributed by atoms with Crippen molar-refractivity contribution in [2.75, 3.05) is 0 Å². The summed E-state index contributed by atoms with van der Waals surface area (Å²) in [6.07, 6.45) is 1.99. The van der Waals surface area contributed by atoms with E-state index in [1.807, 2.05) is 66.9 Å². The van der Waals surface area contributed by atoms with Crippen molar-refractivity contribution in [1.29, 1.82) is 0 Å². The highest BCUT2D eigenvalue weighted by Gasteiger charge is 2.25. The third-order valence-corrected chi connectivity index (χ3v) is 15.0. The molecule has 0 bridgehead atoms. The second kappa shape index (κ2) is 16.5. The lowest BCUT2D eigenvalue weighted by atomic mass is 9.96. The Morgan fingerprint density at radius 3 is 1.42 bits per heavy atom. The van der Waals surface area contributed by atoms with Crippen molar-refractivity contribution in [2.24, 2.45) is 0 Å². The summed E-state index contributed by atoms with van der Waals surface area (Å²) in [5.41, 5.74) is 15.7. The smallest absolute Gasteiger partial charge is 0.166 e. The molecule has 0 atom stereocenters. The quantitative estimate of drug-likeness (QED) is 0.158. The molecule has 8 heteroatoms. The maximum absolute atomic E-state index is 6.82. The molecule has 0 saturated heterocycles. The predicted octanol–water partition coefficient (Wildman–Crippen LogP) is 17.6. The van der Waals surface area contributed by atoms with Crippen LogP contribution in [0, 0.1) is 0 Å². The summed E-state index contributed by atoms with van der Waals surface area (Å²) in [5, 5.41) is 8.69. The number of furan rings is 2. The van der Waals surface area contributed by atoms with Gasteiger partial charge in [-0.05, 0) is 96.6 Å². The zero-order valence-electron chi connectivity index (χ0n) is 40.6. The Kier molecular flexibility index (Phi) is 9.17. The molecule has 0 spiro atoms. The number of hydrogen-bond acceptors (Lipinski definition) is 6. The Labute approximate surface area is 434 Å². The van der Waals surface area contributed by atoms with Crippen LogP contribution in [0.2, 0.25) is 0 Å². The highest BCUT2D eigenvalue weighted by atomic mass is 16.3. The average molecular weight is 973 g/mol. The van der Waals surface area contributed by atoms with Crippen LogP contribution in [-0.4, -0.2) is 29.1 Å². The molecule has 0 N–H and O–H groups in total. The molecule has 354 valence electrons. The van der Waals surface area contributed by atoms with Crippen LogP contribution in [0.25, 0.3) is 155 Å². The molecule has 16 rings (SSSR count). The largest absolute Gasteiger partial charge is 0.456 e. The molecule has 0 aliphatic heterocycles. The minimum Gasteiger partial charge on any atom is -0.456 e. The van der Waals surface area contributed by atoms with Gasteiger partial charge in [0.2, 0.25) is 0 Å². The van der Waals surface area contributed by atoms with Crippen molar-refractivity contribution in [3.8, 4) is 67.9 Å². The van der Waals surface area contributed by atoms with E-state index >= 15 is 0 Å². The van der Waals surface area contributed by atoms with Gasteiger partial charge in [-0.15, -0.1) is 0 Å². The molecule has 0 aliphatic rings. The molecule has 6 aromatic heterocycles. The van der Waals surface area contributed by atoms with E-state index < -0.39 is 0 Å². The first kappa shape index (κ1) is 42.1. The molecular formula is C68H40N6O2. The Bertz CT molecular complexity index is 4920. The lowest BCUT2D eigenvalue weighted by Gasteiger charge is -2.14. The van der Waals surface area contributed by atoms with Gasteiger partial charge in [0.25, 0.3) is 0 Å². The van der Waals surface area contributed by atoms with Crippen molar-refractivity contribution in [2.45, 2.75) is 0 Å². The number of hydrogen-bond donors (Lipinski definition) is 0. The molecule has 0 unspecified atom stereocenters. The summed E-state index contributed by atoms with van der Waals surface area (Å²) in [6.45, 7) is 0. The molecule has 8 nitrogen and oxygen atoms in total. The summed E-state index contributed by atoms with van der Waals surface area (Å²) in [5.74, 6) is 1.62. The van der Waals surface area contributed by atoms with Gasteiger partial charge < -0.3 is 18.0 Å². The number of benzene rings is 10. The highest BCUT2D eigenvalue weighted by Crippen LogP contribution is 2.46. The fourth-order valence-corrected chi connectivity index (χ4v) is 11.7. The van der Waals surface area contributed by atoms with Gasteiger partial charge >= 0.3 is 0 Å². The average Bonchev–Trinajstić information content (AvgIpc) is 4.33. The highest BCUT2D eigenvalue weighted by molar-refractivity contribution is 6.28. The number of pyridine rings is 1. The van der Waals surface area contributed by atoms with Gasteiger partial charge in [-0.1, -0.05) is 146 Å². The summed E-state index contributed by atoms with van der Waals surface area (Å²) < 4.78 is 18.3. The van der Waals surface area contributed by atoms with E-state index in [-0.39, 0.29) is 0 Å². The Morgan fingerprint density at radius 2 is 0.803 bits per heavy atom. The molecule has 0 fully saturated rings. The van der Waals surface area contributed by atoms with Gasteiger partial charge in [0.1, 0.15) is 22.3 Å².